The number of imidazole rings is 1. The van der Waals surface area contributed by atoms with Gasteiger partial charge in [0.1, 0.15) is 11.6 Å². The van der Waals surface area contributed by atoms with E-state index in [4.69, 9.17) is 0 Å². The van der Waals surface area contributed by atoms with Crippen LogP contribution in [0.3, 0.4) is 0 Å². The maximum Gasteiger partial charge on any atom is 0.152 e. The minimum absolute atomic E-state index is 0.174. The summed E-state index contributed by atoms with van der Waals surface area (Å²) < 4.78 is 15.8. The first kappa shape index (κ1) is 20.0. The highest BCUT2D eigenvalue weighted by Gasteiger charge is 2.13. The molecular formula is C24H27FN2O. The van der Waals surface area contributed by atoms with Gasteiger partial charge in [0.2, 0.25) is 0 Å². The van der Waals surface area contributed by atoms with E-state index in [-0.39, 0.29) is 11.6 Å². The second-order valence-corrected chi connectivity index (χ2v) is 7.52. The SMILES string of the molecule is CCc1nc(-c2ccc(C)c(F)c2)cn1CC(=O)CCc1cc(C)cc(C)c1. The van der Waals surface area contributed by atoms with Gasteiger partial charge in [-0.25, -0.2) is 9.37 Å². The van der Waals surface area contributed by atoms with Crippen LogP contribution in [0.4, 0.5) is 4.39 Å². The zero-order valence-electron chi connectivity index (χ0n) is 17.1. The second-order valence-electron chi connectivity index (χ2n) is 7.52. The van der Waals surface area contributed by atoms with Gasteiger partial charge in [0.15, 0.2) is 5.78 Å². The number of nitrogens with zero attached hydrogens (tertiary/aromatic N) is 2. The molecule has 3 rings (SSSR count). The summed E-state index contributed by atoms with van der Waals surface area (Å²) >= 11 is 0. The predicted octanol–water partition coefficient (Wildman–Crippen LogP) is 5.38. The van der Waals surface area contributed by atoms with Gasteiger partial charge in [0.05, 0.1) is 12.2 Å². The Kier molecular flexibility index (Phi) is 6.08. The summed E-state index contributed by atoms with van der Waals surface area (Å²) in [6.07, 6.45) is 3.82. The highest BCUT2D eigenvalue weighted by molar-refractivity contribution is 5.78. The zero-order chi connectivity index (χ0) is 20.3. The number of benzene rings is 2. The van der Waals surface area contributed by atoms with Gasteiger partial charge in [-0.3, -0.25) is 4.79 Å². The van der Waals surface area contributed by atoms with E-state index in [0.29, 0.717) is 24.2 Å². The Hall–Kier alpha value is -2.75. The molecular weight excluding hydrogens is 351 g/mol. The molecule has 2 aromatic carbocycles. The topological polar surface area (TPSA) is 34.9 Å². The fourth-order valence-corrected chi connectivity index (χ4v) is 3.53. The van der Waals surface area contributed by atoms with Crippen LogP contribution >= 0.6 is 0 Å². The van der Waals surface area contributed by atoms with E-state index in [9.17, 15) is 9.18 Å². The summed E-state index contributed by atoms with van der Waals surface area (Å²) in [5.74, 6) is 0.776. The van der Waals surface area contributed by atoms with E-state index in [0.717, 1.165) is 24.2 Å². The summed E-state index contributed by atoms with van der Waals surface area (Å²) in [5.41, 5.74) is 5.70. The number of ketones is 1. The molecule has 28 heavy (non-hydrogen) atoms. The van der Waals surface area contributed by atoms with Crippen molar-refractivity contribution in [1.82, 2.24) is 9.55 Å². The third-order valence-electron chi connectivity index (χ3n) is 4.96. The summed E-state index contributed by atoms with van der Waals surface area (Å²) in [5, 5.41) is 0. The van der Waals surface area contributed by atoms with Crippen molar-refractivity contribution >= 4 is 5.78 Å². The van der Waals surface area contributed by atoms with Crippen molar-refractivity contribution in [3.8, 4) is 11.3 Å². The number of aromatic nitrogens is 2. The van der Waals surface area contributed by atoms with Crippen LogP contribution in [0.1, 0.15) is 41.4 Å². The van der Waals surface area contributed by atoms with Crippen LogP contribution in [0.5, 0.6) is 0 Å². The number of Topliss-reactive ketones (excluding diaryl/α,β-unsaturated/α-hetero) is 1. The first-order chi connectivity index (χ1) is 13.4. The lowest BCUT2D eigenvalue weighted by molar-refractivity contribution is -0.119. The molecule has 4 heteroatoms. The Morgan fingerprint density at radius 2 is 1.79 bits per heavy atom. The van der Waals surface area contributed by atoms with Crippen LogP contribution in [0.2, 0.25) is 0 Å². The van der Waals surface area contributed by atoms with E-state index in [2.05, 4.69) is 37.0 Å². The number of carbonyl (C=O) groups excluding carboxylic acids is 1. The lowest BCUT2D eigenvalue weighted by Crippen LogP contribution is -2.12. The molecule has 0 N–H and O–H groups in total. The molecule has 0 aliphatic rings. The highest BCUT2D eigenvalue weighted by atomic mass is 19.1. The van der Waals surface area contributed by atoms with Crippen LogP contribution in [0, 0.1) is 26.6 Å². The fourth-order valence-electron chi connectivity index (χ4n) is 3.53. The molecule has 3 aromatic rings. The van der Waals surface area contributed by atoms with Crippen molar-refractivity contribution < 1.29 is 9.18 Å². The third-order valence-corrected chi connectivity index (χ3v) is 4.96. The van der Waals surface area contributed by atoms with Crippen molar-refractivity contribution in [3.05, 3.63) is 76.5 Å². The standard InChI is InChI=1S/C24H27FN2O/c1-5-24-26-23(20-8-6-18(4)22(25)13-20)15-27(24)14-21(28)9-7-19-11-16(2)10-17(3)12-19/h6,8,10-13,15H,5,7,9,14H2,1-4H3. The molecule has 0 spiro atoms. The van der Waals surface area contributed by atoms with Crippen molar-refractivity contribution in [2.24, 2.45) is 0 Å². The monoisotopic (exact) mass is 378 g/mol. The van der Waals surface area contributed by atoms with Gasteiger partial charge >= 0.3 is 0 Å². The number of carbonyl (C=O) groups is 1. The number of aryl methyl sites for hydroxylation is 5. The van der Waals surface area contributed by atoms with E-state index < -0.39 is 0 Å². The summed E-state index contributed by atoms with van der Waals surface area (Å²) in [4.78, 5) is 17.2. The van der Waals surface area contributed by atoms with Crippen molar-refractivity contribution in [3.63, 3.8) is 0 Å². The first-order valence-corrected chi connectivity index (χ1v) is 9.77. The summed E-state index contributed by atoms with van der Waals surface area (Å²) in [6, 6.07) is 11.5. The second kappa shape index (κ2) is 8.51. The van der Waals surface area contributed by atoms with Crippen LogP contribution in [0.15, 0.2) is 42.6 Å². The van der Waals surface area contributed by atoms with Crippen molar-refractivity contribution in [2.75, 3.05) is 0 Å². The highest BCUT2D eigenvalue weighted by Crippen LogP contribution is 2.22. The number of hydrogen-bond donors (Lipinski definition) is 0. The smallest absolute Gasteiger partial charge is 0.152 e. The molecule has 146 valence electrons. The van der Waals surface area contributed by atoms with Crippen LogP contribution in [0.25, 0.3) is 11.3 Å². The van der Waals surface area contributed by atoms with Crippen LogP contribution < -0.4 is 0 Å². The van der Waals surface area contributed by atoms with Gasteiger partial charge in [-0.1, -0.05) is 48.4 Å². The molecule has 0 fully saturated rings. The average molecular weight is 378 g/mol. The normalized spacial score (nSPS) is 11.0. The molecule has 0 amide bonds. The van der Waals surface area contributed by atoms with E-state index in [1.807, 2.05) is 23.8 Å². The molecule has 1 heterocycles. The van der Waals surface area contributed by atoms with E-state index in [1.54, 1.807) is 13.0 Å². The van der Waals surface area contributed by atoms with Gasteiger partial charge < -0.3 is 4.57 Å². The molecule has 0 radical (unpaired) electrons. The zero-order valence-corrected chi connectivity index (χ0v) is 17.1. The molecule has 0 saturated heterocycles. The van der Waals surface area contributed by atoms with Crippen molar-refractivity contribution in [2.45, 2.75) is 53.5 Å². The van der Waals surface area contributed by atoms with Gasteiger partial charge in [-0.05, 0) is 44.4 Å². The van der Waals surface area contributed by atoms with Gasteiger partial charge in [0.25, 0.3) is 0 Å². The quantitative estimate of drug-likeness (QED) is 0.553. The lowest BCUT2D eigenvalue weighted by atomic mass is 10.0. The Morgan fingerprint density at radius 3 is 2.43 bits per heavy atom. The fraction of sp³-hybridized carbons (Fsp3) is 0.333. The molecule has 3 nitrogen and oxygen atoms in total. The maximum atomic E-state index is 13.9. The molecule has 0 aliphatic carbocycles. The Morgan fingerprint density at radius 1 is 1.07 bits per heavy atom. The molecule has 0 saturated carbocycles. The minimum atomic E-state index is -0.241. The Bertz CT molecular complexity index is 984. The van der Waals surface area contributed by atoms with E-state index in [1.165, 1.54) is 22.8 Å². The predicted molar refractivity (Wildman–Crippen MR) is 111 cm³/mol. The van der Waals surface area contributed by atoms with Crippen LogP contribution in [-0.4, -0.2) is 15.3 Å². The number of hydrogen-bond acceptors (Lipinski definition) is 2. The molecule has 0 unspecified atom stereocenters. The Balaban J connectivity index is 1.71. The summed E-state index contributed by atoms with van der Waals surface area (Å²) in [7, 11) is 0. The largest absolute Gasteiger partial charge is 0.327 e. The lowest BCUT2D eigenvalue weighted by Gasteiger charge is -2.07. The van der Waals surface area contributed by atoms with Gasteiger partial charge in [0, 0.05) is 24.6 Å². The maximum absolute atomic E-state index is 13.9. The Labute approximate surface area is 166 Å². The average Bonchev–Trinajstić information content (AvgIpc) is 3.04. The molecule has 1 aromatic heterocycles. The number of halogens is 1. The third kappa shape index (κ3) is 4.75. The minimum Gasteiger partial charge on any atom is -0.327 e. The van der Waals surface area contributed by atoms with Crippen molar-refractivity contribution in [1.29, 1.82) is 0 Å². The molecule has 0 aliphatic heterocycles. The van der Waals surface area contributed by atoms with E-state index >= 15 is 0 Å². The molecule has 0 bridgehead atoms. The van der Waals surface area contributed by atoms with Gasteiger partial charge in [-0.15, -0.1) is 0 Å². The number of rotatable bonds is 7. The molecule has 0 atom stereocenters. The van der Waals surface area contributed by atoms with Crippen LogP contribution in [-0.2, 0) is 24.2 Å². The van der Waals surface area contributed by atoms with Gasteiger partial charge in [-0.2, -0.15) is 0 Å². The first-order valence-electron chi connectivity index (χ1n) is 9.77. The summed E-state index contributed by atoms with van der Waals surface area (Å²) in [6.45, 7) is 8.21.